The number of aryl methyl sites for hydroxylation is 1. The van der Waals surface area contributed by atoms with Crippen molar-refractivity contribution >= 4 is 5.97 Å². The van der Waals surface area contributed by atoms with Crippen molar-refractivity contribution in [2.75, 3.05) is 0 Å². The Morgan fingerprint density at radius 2 is 2.10 bits per heavy atom. The van der Waals surface area contributed by atoms with Gasteiger partial charge in [-0.1, -0.05) is 6.92 Å². The van der Waals surface area contributed by atoms with E-state index in [1.165, 1.54) is 12.8 Å². The molecule has 1 aliphatic rings. The molecule has 1 N–H and O–H groups in total. The van der Waals surface area contributed by atoms with Gasteiger partial charge in [0.15, 0.2) is 0 Å². The van der Waals surface area contributed by atoms with Crippen LogP contribution in [0.5, 0.6) is 0 Å². The largest absolute Gasteiger partial charge is 0.481 e. The fourth-order valence-corrected chi connectivity index (χ4v) is 2.75. The van der Waals surface area contributed by atoms with Crippen LogP contribution in [0.1, 0.15) is 43.1 Å². The Bertz CT molecular complexity index is 573. The van der Waals surface area contributed by atoms with Crippen LogP contribution in [0.3, 0.4) is 0 Å². The number of aliphatic carboxylic acids is 1. The van der Waals surface area contributed by atoms with Crippen molar-refractivity contribution in [2.45, 2.75) is 53.0 Å². The molecule has 0 saturated heterocycles. The van der Waals surface area contributed by atoms with Crippen molar-refractivity contribution in [3.63, 3.8) is 0 Å². The van der Waals surface area contributed by atoms with Crippen LogP contribution in [0.4, 0.5) is 0 Å². The van der Waals surface area contributed by atoms with Crippen LogP contribution >= 0.6 is 0 Å². The van der Waals surface area contributed by atoms with Gasteiger partial charge in [0.2, 0.25) is 0 Å². The van der Waals surface area contributed by atoms with E-state index in [-0.39, 0.29) is 12.1 Å². The van der Waals surface area contributed by atoms with Gasteiger partial charge in [0.1, 0.15) is 0 Å². The van der Waals surface area contributed by atoms with E-state index in [1.807, 2.05) is 6.92 Å². The molecule has 0 spiro atoms. The van der Waals surface area contributed by atoms with Gasteiger partial charge in [-0.2, -0.15) is 4.98 Å². The van der Waals surface area contributed by atoms with Crippen molar-refractivity contribution in [2.24, 2.45) is 11.8 Å². The fraction of sp³-hybridized carbons (Fsp3) is 0.667. The van der Waals surface area contributed by atoms with E-state index >= 15 is 0 Å². The highest BCUT2D eigenvalue weighted by atomic mass is 16.4. The molecule has 0 aliphatic heterocycles. The predicted molar refractivity (Wildman–Crippen MR) is 75.8 cm³/mol. The number of hydrogen-bond acceptors (Lipinski definition) is 3. The van der Waals surface area contributed by atoms with Crippen LogP contribution in [0, 0.1) is 25.7 Å². The quantitative estimate of drug-likeness (QED) is 0.863. The van der Waals surface area contributed by atoms with Crippen LogP contribution in [0.15, 0.2) is 4.79 Å². The molecule has 1 fully saturated rings. The van der Waals surface area contributed by atoms with Gasteiger partial charge in [0.25, 0.3) is 0 Å². The first-order valence-corrected chi connectivity index (χ1v) is 7.19. The molecule has 0 bridgehead atoms. The molecule has 0 aromatic carbocycles. The first kappa shape index (κ1) is 14.8. The third-order valence-electron chi connectivity index (χ3n) is 4.26. The minimum atomic E-state index is -0.826. The minimum absolute atomic E-state index is 0.0692. The highest BCUT2D eigenvalue weighted by molar-refractivity contribution is 5.67. The van der Waals surface area contributed by atoms with E-state index in [9.17, 15) is 9.59 Å². The standard InChI is InChI=1S/C15H22N2O3/c1-9(12-4-5-12)8-17-11(3)13(6-7-14(18)19)10(2)16-15(17)20/h9,12H,4-8H2,1-3H3,(H,18,19). The molecule has 1 saturated carbocycles. The van der Waals surface area contributed by atoms with Gasteiger partial charge >= 0.3 is 11.7 Å². The molecule has 110 valence electrons. The van der Waals surface area contributed by atoms with E-state index in [0.717, 1.165) is 17.2 Å². The van der Waals surface area contributed by atoms with E-state index in [4.69, 9.17) is 5.11 Å². The second kappa shape index (κ2) is 5.77. The summed E-state index contributed by atoms with van der Waals surface area (Å²) in [6.45, 7) is 6.52. The topological polar surface area (TPSA) is 72.2 Å². The molecule has 1 heterocycles. The molecular weight excluding hydrogens is 256 g/mol. The molecule has 5 nitrogen and oxygen atoms in total. The summed E-state index contributed by atoms with van der Waals surface area (Å²) >= 11 is 0. The number of carboxylic acids is 1. The monoisotopic (exact) mass is 278 g/mol. The van der Waals surface area contributed by atoms with Crippen molar-refractivity contribution in [3.05, 3.63) is 27.4 Å². The first-order valence-electron chi connectivity index (χ1n) is 7.19. The third-order valence-corrected chi connectivity index (χ3v) is 4.26. The van der Waals surface area contributed by atoms with E-state index in [0.29, 0.717) is 24.6 Å². The van der Waals surface area contributed by atoms with Gasteiger partial charge in [-0.25, -0.2) is 4.79 Å². The minimum Gasteiger partial charge on any atom is -0.481 e. The second-order valence-corrected chi connectivity index (χ2v) is 5.86. The van der Waals surface area contributed by atoms with Crippen molar-refractivity contribution < 1.29 is 9.90 Å². The lowest BCUT2D eigenvalue weighted by Gasteiger charge is -2.18. The smallest absolute Gasteiger partial charge is 0.347 e. The van der Waals surface area contributed by atoms with Gasteiger partial charge in [0, 0.05) is 24.4 Å². The molecule has 0 amide bonds. The third kappa shape index (κ3) is 3.26. The van der Waals surface area contributed by atoms with Crippen LogP contribution in [0.2, 0.25) is 0 Å². The van der Waals surface area contributed by atoms with Crippen LogP contribution < -0.4 is 5.69 Å². The average Bonchev–Trinajstić information content (AvgIpc) is 3.17. The Balaban J connectivity index is 2.28. The summed E-state index contributed by atoms with van der Waals surface area (Å²) in [5, 5.41) is 8.82. The Hall–Kier alpha value is -1.65. The Morgan fingerprint density at radius 1 is 1.45 bits per heavy atom. The Kier molecular flexibility index (Phi) is 4.26. The number of carbonyl (C=O) groups is 1. The van der Waals surface area contributed by atoms with E-state index < -0.39 is 5.97 Å². The predicted octanol–water partition coefficient (Wildman–Crippen LogP) is 1.92. The summed E-state index contributed by atoms with van der Waals surface area (Å²) < 4.78 is 1.72. The molecule has 5 heteroatoms. The Labute approximate surface area is 118 Å². The lowest BCUT2D eigenvalue weighted by atomic mass is 10.0. The summed E-state index contributed by atoms with van der Waals surface area (Å²) in [5.74, 6) is 0.376. The highest BCUT2D eigenvalue weighted by Gasteiger charge is 2.28. The summed E-state index contributed by atoms with van der Waals surface area (Å²) in [6, 6.07) is 0. The summed E-state index contributed by atoms with van der Waals surface area (Å²) in [4.78, 5) is 26.9. The molecule has 1 unspecified atom stereocenters. The zero-order chi connectivity index (χ0) is 14.9. The maximum Gasteiger partial charge on any atom is 0.347 e. The fourth-order valence-electron chi connectivity index (χ4n) is 2.75. The number of aromatic nitrogens is 2. The first-order chi connectivity index (χ1) is 9.40. The lowest BCUT2D eigenvalue weighted by Crippen LogP contribution is -2.30. The SMILES string of the molecule is Cc1nc(=O)n(CC(C)C2CC2)c(C)c1CCC(=O)O. The van der Waals surface area contributed by atoms with Gasteiger partial charge < -0.3 is 5.11 Å². The summed E-state index contributed by atoms with van der Waals surface area (Å²) in [5.41, 5.74) is 2.21. The summed E-state index contributed by atoms with van der Waals surface area (Å²) in [6.07, 6.45) is 3.00. The maximum atomic E-state index is 12.1. The van der Waals surface area contributed by atoms with Gasteiger partial charge in [0.05, 0.1) is 0 Å². The Morgan fingerprint density at radius 3 is 2.65 bits per heavy atom. The van der Waals surface area contributed by atoms with Gasteiger partial charge in [-0.05, 0) is 50.5 Å². The van der Waals surface area contributed by atoms with E-state index in [2.05, 4.69) is 11.9 Å². The zero-order valence-electron chi connectivity index (χ0n) is 12.3. The lowest BCUT2D eigenvalue weighted by molar-refractivity contribution is -0.136. The number of carboxylic acid groups (broad SMARTS) is 1. The highest BCUT2D eigenvalue weighted by Crippen LogP contribution is 2.37. The second-order valence-electron chi connectivity index (χ2n) is 5.86. The molecule has 1 aromatic rings. The summed E-state index contributed by atoms with van der Waals surface area (Å²) in [7, 11) is 0. The molecular formula is C15H22N2O3. The van der Waals surface area contributed by atoms with Crippen molar-refractivity contribution in [3.8, 4) is 0 Å². The van der Waals surface area contributed by atoms with E-state index in [1.54, 1.807) is 11.5 Å². The van der Waals surface area contributed by atoms with Crippen LogP contribution in [-0.4, -0.2) is 20.6 Å². The molecule has 0 radical (unpaired) electrons. The molecule has 20 heavy (non-hydrogen) atoms. The molecule has 1 aliphatic carbocycles. The van der Waals surface area contributed by atoms with Crippen molar-refractivity contribution in [1.82, 2.24) is 9.55 Å². The molecule has 1 aromatic heterocycles. The van der Waals surface area contributed by atoms with Gasteiger partial charge in [-0.15, -0.1) is 0 Å². The average molecular weight is 278 g/mol. The number of nitrogens with zero attached hydrogens (tertiary/aromatic N) is 2. The van der Waals surface area contributed by atoms with Crippen LogP contribution in [-0.2, 0) is 17.8 Å². The zero-order valence-corrected chi connectivity index (χ0v) is 12.3. The number of rotatable bonds is 6. The number of hydrogen-bond donors (Lipinski definition) is 1. The van der Waals surface area contributed by atoms with Crippen LogP contribution in [0.25, 0.3) is 0 Å². The van der Waals surface area contributed by atoms with Crippen molar-refractivity contribution in [1.29, 1.82) is 0 Å². The normalized spacial score (nSPS) is 16.1. The van der Waals surface area contributed by atoms with Gasteiger partial charge in [-0.3, -0.25) is 9.36 Å². The molecule has 1 atom stereocenters. The molecule has 2 rings (SSSR count). The maximum absolute atomic E-state index is 12.1.